The van der Waals surface area contributed by atoms with Crippen LogP contribution in [0.3, 0.4) is 0 Å². The summed E-state index contributed by atoms with van der Waals surface area (Å²) in [6, 6.07) is 8.58. The maximum atomic E-state index is 4.71. The smallest absolute Gasteiger partial charge is 0.0809 e. The summed E-state index contributed by atoms with van der Waals surface area (Å²) >= 11 is 1.73. The molecule has 0 saturated carbocycles. The molecule has 0 amide bonds. The number of nitrogens with one attached hydrogen (secondary N) is 1. The van der Waals surface area contributed by atoms with Crippen LogP contribution in [0.5, 0.6) is 0 Å². The van der Waals surface area contributed by atoms with Gasteiger partial charge in [-0.15, -0.1) is 11.3 Å². The van der Waals surface area contributed by atoms with Crippen LogP contribution in [0.15, 0.2) is 52.5 Å². The SMILES string of the molecule is CCCCCCCCCCCc1ccc(/C=C2/C=CC(c3cccs3)=N2)[nH]1. The molecule has 1 N–H and O–H groups in total. The topological polar surface area (TPSA) is 28.1 Å². The molecule has 2 aromatic rings. The highest BCUT2D eigenvalue weighted by Crippen LogP contribution is 2.20. The fourth-order valence-corrected chi connectivity index (χ4v) is 4.19. The van der Waals surface area contributed by atoms with Crippen molar-refractivity contribution in [3.05, 3.63) is 63.8 Å². The van der Waals surface area contributed by atoms with Gasteiger partial charge < -0.3 is 4.98 Å². The van der Waals surface area contributed by atoms with Crippen molar-refractivity contribution in [3.8, 4) is 0 Å². The van der Waals surface area contributed by atoms with E-state index in [1.165, 1.54) is 68.4 Å². The fraction of sp³-hybridized carbons (Fsp3) is 0.458. The minimum absolute atomic E-state index is 1.02. The lowest BCUT2D eigenvalue weighted by atomic mass is 10.1. The lowest BCUT2D eigenvalue weighted by molar-refractivity contribution is 0.564. The number of hydrogen-bond acceptors (Lipinski definition) is 2. The van der Waals surface area contributed by atoms with Crippen molar-refractivity contribution < 1.29 is 0 Å². The van der Waals surface area contributed by atoms with E-state index in [-0.39, 0.29) is 0 Å². The Balaban J connectivity index is 1.36. The molecule has 1 aliphatic heterocycles. The molecule has 0 unspecified atom stereocenters. The summed E-state index contributed by atoms with van der Waals surface area (Å²) in [5.74, 6) is 0. The van der Waals surface area contributed by atoms with Crippen LogP contribution in [0.25, 0.3) is 6.08 Å². The molecule has 3 heterocycles. The number of aryl methyl sites for hydroxylation is 1. The Morgan fingerprint density at radius 2 is 1.70 bits per heavy atom. The molecule has 0 radical (unpaired) electrons. The third kappa shape index (κ3) is 6.66. The van der Waals surface area contributed by atoms with E-state index in [2.05, 4.69) is 59.8 Å². The van der Waals surface area contributed by atoms with Gasteiger partial charge in [0.05, 0.1) is 16.3 Å². The summed E-state index contributed by atoms with van der Waals surface area (Å²) in [6.07, 6.45) is 19.9. The van der Waals surface area contributed by atoms with E-state index in [1.54, 1.807) is 11.3 Å². The molecule has 2 nitrogen and oxygen atoms in total. The second kappa shape index (κ2) is 11.1. The Labute approximate surface area is 168 Å². The van der Waals surface area contributed by atoms with Gasteiger partial charge in [0.1, 0.15) is 0 Å². The van der Waals surface area contributed by atoms with Crippen molar-refractivity contribution in [2.75, 3.05) is 0 Å². The molecule has 0 aromatic carbocycles. The Morgan fingerprint density at radius 1 is 0.926 bits per heavy atom. The van der Waals surface area contributed by atoms with Gasteiger partial charge >= 0.3 is 0 Å². The van der Waals surface area contributed by atoms with Gasteiger partial charge in [0.15, 0.2) is 0 Å². The lowest BCUT2D eigenvalue weighted by Crippen LogP contribution is -1.88. The number of nitrogens with zero attached hydrogens (tertiary/aromatic N) is 1. The van der Waals surface area contributed by atoms with Crippen LogP contribution in [0.2, 0.25) is 0 Å². The zero-order chi connectivity index (χ0) is 18.7. The monoisotopic (exact) mass is 380 g/mol. The second-order valence-electron chi connectivity index (χ2n) is 7.39. The molecule has 0 spiro atoms. The van der Waals surface area contributed by atoms with Crippen molar-refractivity contribution in [3.63, 3.8) is 0 Å². The number of aromatic amines is 1. The highest BCUT2D eigenvalue weighted by Gasteiger charge is 2.08. The van der Waals surface area contributed by atoms with Crippen molar-refractivity contribution in [1.29, 1.82) is 0 Å². The van der Waals surface area contributed by atoms with E-state index in [1.807, 2.05) is 0 Å². The normalized spacial score (nSPS) is 15.0. The summed E-state index contributed by atoms with van der Waals surface area (Å²) in [4.78, 5) is 9.48. The number of aliphatic imine (C=N–C) groups is 1. The molecule has 27 heavy (non-hydrogen) atoms. The van der Waals surface area contributed by atoms with Crippen LogP contribution in [0.1, 0.15) is 81.0 Å². The van der Waals surface area contributed by atoms with E-state index in [0.717, 1.165) is 23.5 Å². The zero-order valence-electron chi connectivity index (χ0n) is 16.5. The van der Waals surface area contributed by atoms with Crippen LogP contribution in [-0.2, 0) is 6.42 Å². The number of H-pyrrole nitrogens is 1. The molecule has 0 aliphatic carbocycles. The number of rotatable bonds is 12. The van der Waals surface area contributed by atoms with Gasteiger partial charge in [0, 0.05) is 11.4 Å². The van der Waals surface area contributed by atoms with Crippen molar-refractivity contribution in [2.45, 2.75) is 71.1 Å². The molecule has 0 saturated heterocycles. The molecular weight excluding hydrogens is 348 g/mol. The molecule has 1 aliphatic rings. The first-order valence-corrected chi connectivity index (χ1v) is 11.4. The quantitative estimate of drug-likeness (QED) is 0.368. The maximum absolute atomic E-state index is 4.71. The zero-order valence-corrected chi connectivity index (χ0v) is 17.4. The molecule has 144 valence electrons. The fourth-order valence-electron chi connectivity index (χ4n) is 3.49. The Bertz CT molecular complexity index is 762. The summed E-state index contributed by atoms with van der Waals surface area (Å²) in [5.41, 5.74) is 4.58. The maximum Gasteiger partial charge on any atom is 0.0809 e. The summed E-state index contributed by atoms with van der Waals surface area (Å²) < 4.78 is 0. The summed E-state index contributed by atoms with van der Waals surface area (Å²) in [7, 11) is 0. The molecule has 3 heteroatoms. The largest absolute Gasteiger partial charge is 0.359 e. The number of hydrogen-bond donors (Lipinski definition) is 1. The van der Waals surface area contributed by atoms with Crippen LogP contribution in [0.4, 0.5) is 0 Å². The highest BCUT2D eigenvalue weighted by atomic mass is 32.1. The third-order valence-corrected chi connectivity index (χ3v) is 5.95. The highest BCUT2D eigenvalue weighted by molar-refractivity contribution is 7.12. The minimum Gasteiger partial charge on any atom is -0.359 e. The average molecular weight is 381 g/mol. The number of thiophene rings is 1. The number of unbranched alkanes of at least 4 members (excludes halogenated alkanes) is 8. The first kappa shape index (κ1) is 19.9. The van der Waals surface area contributed by atoms with Crippen LogP contribution >= 0.6 is 11.3 Å². The summed E-state index contributed by atoms with van der Waals surface area (Å²) in [5, 5.41) is 2.09. The minimum atomic E-state index is 1.02. The number of allylic oxidation sites excluding steroid dienone is 2. The Kier molecular flexibility index (Phi) is 8.16. The van der Waals surface area contributed by atoms with E-state index in [4.69, 9.17) is 4.99 Å². The van der Waals surface area contributed by atoms with Crippen LogP contribution < -0.4 is 0 Å². The van der Waals surface area contributed by atoms with Crippen molar-refractivity contribution >= 4 is 23.1 Å². The first-order chi connectivity index (χ1) is 13.3. The van der Waals surface area contributed by atoms with Gasteiger partial charge in [0.2, 0.25) is 0 Å². The first-order valence-electron chi connectivity index (χ1n) is 10.6. The van der Waals surface area contributed by atoms with E-state index in [9.17, 15) is 0 Å². The summed E-state index contributed by atoms with van der Waals surface area (Å²) in [6.45, 7) is 2.28. The predicted molar refractivity (Wildman–Crippen MR) is 120 cm³/mol. The van der Waals surface area contributed by atoms with E-state index >= 15 is 0 Å². The van der Waals surface area contributed by atoms with Crippen molar-refractivity contribution in [2.24, 2.45) is 4.99 Å². The van der Waals surface area contributed by atoms with Crippen molar-refractivity contribution in [1.82, 2.24) is 4.98 Å². The van der Waals surface area contributed by atoms with Gasteiger partial charge in [0.25, 0.3) is 0 Å². The predicted octanol–water partition coefficient (Wildman–Crippen LogP) is 7.55. The van der Waals surface area contributed by atoms with E-state index < -0.39 is 0 Å². The molecule has 3 rings (SSSR count). The van der Waals surface area contributed by atoms with Gasteiger partial charge in [-0.1, -0.05) is 64.4 Å². The standard InChI is InChI=1S/C24H32N2S/c1-2-3-4-5-6-7-8-9-10-12-20-14-15-21(25-20)19-22-16-17-23(26-22)24-13-11-18-27-24/h11,13-19,25H,2-10,12H2,1H3/b22-19-. The molecular formula is C24H32N2S. The van der Waals surface area contributed by atoms with Crippen LogP contribution in [-0.4, -0.2) is 10.7 Å². The molecule has 0 fully saturated rings. The van der Waals surface area contributed by atoms with Gasteiger partial charge in [-0.2, -0.15) is 0 Å². The molecule has 2 aromatic heterocycles. The molecule has 0 atom stereocenters. The van der Waals surface area contributed by atoms with Gasteiger partial charge in [-0.25, -0.2) is 4.99 Å². The van der Waals surface area contributed by atoms with Gasteiger partial charge in [-0.05, 0) is 54.6 Å². The van der Waals surface area contributed by atoms with E-state index in [0.29, 0.717) is 0 Å². The Hall–Kier alpha value is -1.87. The third-order valence-electron chi connectivity index (χ3n) is 5.06. The molecule has 0 bridgehead atoms. The van der Waals surface area contributed by atoms with Gasteiger partial charge in [-0.3, -0.25) is 0 Å². The number of aromatic nitrogens is 1. The van der Waals surface area contributed by atoms with Crippen LogP contribution in [0, 0.1) is 0 Å². The average Bonchev–Trinajstić information content (AvgIpc) is 3.42. The Morgan fingerprint density at radius 3 is 2.44 bits per heavy atom. The lowest BCUT2D eigenvalue weighted by Gasteiger charge is -2.01. The second-order valence-corrected chi connectivity index (χ2v) is 8.34.